The van der Waals surface area contributed by atoms with Crippen molar-refractivity contribution >= 4 is 40.5 Å². The van der Waals surface area contributed by atoms with Crippen LogP contribution in [0.5, 0.6) is 0 Å². The van der Waals surface area contributed by atoms with Crippen LogP contribution in [0.25, 0.3) is 0 Å². The van der Waals surface area contributed by atoms with Crippen LogP contribution < -0.4 is 27.0 Å². The molecule has 43 heavy (non-hydrogen) atoms. The van der Waals surface area contributed by atoms with Crippen LogP contribution in [0.15, 0.2) is 75.7 Å². The minimum absolute atomic E-state index is 0.0102. The van der Waals surface area contributed by atoms with Crippen molar-refractivity contribution in [2.75, 3.05) is 63.9 Å². The first kappa shape index (κ1) is 32.7. The van der Waals surface area contributed by atoms with Crippen molar-refractivity contribution in [1.82, 2.24) is 9.80 Å². The number of rotatable bonds is 9. The number of anilines is 3. The zero-order valence-corrected chi connectivity index (χ0v) is 25.0. The Morgan fingerprint density at radius 1 is 1.05 bits per heavy atom. The van der Waals surface area contributed by atoms with Crippen LogP contribution in [-0.2, 0) is 6.18 Å². The number of nitrogens with zero attached hydrogens (tertiary/aromatic N) is 6. The van der Waals surface area contributed by atoms with Crippen molar-refractivity contribution in [1.29, 1.82) is 0 Å². The summed E-state index contributed by atoms with van der Waals surface area (Å²) < 4.78 is 41.2. The molecule has 0 aliphatic carbocycles. The molecule has 0 spiro atoms. The van der Waals surface area contributed by atoms with Crippen LogP contribution in [0.3, 0.4) is 0 Å². The number of nitrogens with two attached hydrogens (primary N) is 2. The van der Waals surface area contributed by atoms with Crippen molar-refractivity contribution in [2.45, 2.75) is 13.1 Å². The number of alkyl halides is 3. The zero-order chi connectivity index (χ0) is 32.1. The van der Waals surface area contributed by atoms with Gasteiger partial charge in [0.25, 0.3) is 5.91 Å². The molecule has 1 amide bonds. The molecule has 6 N–H and O–H groups in total. The predicted octanol–water partition coefficient (Wildman–Crippen LogP) is 3.68. The SMILES string of the molecule is C=C/N=C1/C(N)=NC(N(C)C)=N/C1=C(/N)Nc1cc(C(=O)Nc2cc(N(C)CCN(C)C)cc(C(F)(F)F)c2)ccc1C. The third kappa shape index (κ3) is 8.35. The molecule has 0 bridgehead atoms. The number of hydrogen-bond acceptors (Lipinski definition) is 10. The molecule has 1 aliphatic heterocycles. The van der Waals surface area contributed by atoms with Gasteiger partial charge in [-0.1, -0.05) is 12.6 Å². The lowest BCUT2D eigenvalue weighted by atomic mass is 10.1. The lowest BCUT2D eigenvalue weighted by molar-refractivity contribution is -0.137. The maximum atomic E-state index is 13.7. The number of guanidine groups is 1. The van der Waals surface area contributed by atoms with Crippen LogP contribution >= 0.6 is 0 Å². The van der Waals surface area contributed by atoms with E-state index in [1.807, 2.05) is 19.0 Å². The highest BCUT2D eigenvalue weighted by Gasteiger charge is 2.32. The normalized spacial score (nSPS) is 15.5. The van der Waals surface area contributed by atoms with Gasteiger partial charge in [-0.25, -0.2) is 4.99 Å². The fourth-order valence-electron chi connectivity index (χ4n) is 3.92. The third-order valence-electron chi connectivity index (χ3n) is 6.37. The molecule has 230 valence electrons. The summed E-state index contributed by atoms with van der Waals surface area (Å²) in [5.74, 6) is -0.123. The summed E-state index contributed by atoms with van der Waals surface area (Å²) in [5.41, 5.74) is 13.8. The van der Waals surface area contributed by atoms with E-state index in [1.165, 1.54) is 18.3 Å². The van der Waals surface area contributed by atoms with Gasteiger partial charge < -0.3 is 36.8 Å². The molecular weight excluding hydrogens is 561 g/mol. The minimum Gasteiger partial charge on any atom is -0.383 e. The van der Waals surface area contributed by atoms with E-state index < -0.39 is 17.6 Å². The van der Waals surface area contributed by atoms with Gasteiger partial charge in [0.1, 0.15) is 17.2 Å². The van der Waals surface area contributed by atoms with Crippen molar-refractivity contribution in [3.8, 4) is 0 Å². The van der Waals surface area contributed by atoms with Crippen molar-refractivity contribution in [3.63, 3.8) is 0 Å². The molecule has 2 aromatic carbocycles. The van der Waals surface area contributed by atoms with Crippen molar-refractivity contribution in [2.24, 2.45) is 26.4 Å². The number of aliphatic imine (C=N–C) groups is 3. The topological polar surface area (TPSA) is 140 Å². The first-order valence-electron chi connectivity index (χ1n) is 13.2. The number of carbonyl (C=O) groups excluding carboxylic acids is 1. The zero-order valence-electron chi connectivity index (χ0n) is 25.0. The summed E-state index contributed by atoms with van der Waals surface area (Å²) in [4.78, 5) is 31.4. The first-order chi connectivity index (χ1) is 20.1. The molecule has 0 aromatic heterocycles. The molecule has 2 aromatic rings. The number of amidine groups is 1. The second kappa shape index (κ2) is 13.4. The molecule has 0 atom stereocenters. The number of nitrogens with one attached hydrogen (secondary N) is 2. The van der Waals surface area contributed by atoms with Gasteiger partial charge in [0.15, 0.2) is 5.84 Å². The van der Waals surface area contributed by atoms with Gasteiger partial charge in [0.05, 0.1) is 5.56 Å². The summed E-state index contributed by atoms with van der Waals surface area (Å²) in [6.45, 7) is 6.52. The molecular formula is C29H37F3N10O. The quantitative estimate of drug-likeness (QED) is 0.345. The monoisotopic (exact) mass is 598 g/mol. The largest absolute Gasteiger partial charge is 0.416 e. The third-order valence-corrected chi connectivity index (χ3v) is 6.37. The summed E-state index contributed by atoms with van der Waals surface area (Å²) in [7, 11) is 8.94. The number of carbonyl (C=O) groups is 1. The van der Waals surface area contributed by atoms with Crippen molar-refractivity contribution < 1.29 is 18.0 Å². The highest BCUT2D eigenvalue weighted by atomic mass is 19.4. The summed E-state index contributed by atoms with van der Waals surface area (Å²) >= 11 is 0. The number of halogens is 3. The molecule has 0 saturated carbocycles. The Morgan fingerprint density at radius 3 is 2.35 bits per heavy atom. The average molecular weight is 599 g/mol. The maximum absolute atomic E-state index is 13.7. The summed E-state index contributed by atoms with van der Waals surface area (Å²) in [6, 6.07) is 8.27. The Labute approximate surface area is 249 Å². The second-order valence-electron chi connectivity index (χ2n) is 10.3. The van der Waals surface area contributed by atoms with E-state index >= 15 is 0 Å². The van der Waals surface area contributed by atoms with Crippen LogP contribution in [0.1, 0.15) is 21.5 Å². The number of aryl methyl sites for hydroxylation is 1. The Bertz CT molecular complexity index is 1510. The number of amides is 1. The highest BCUT2D eigenvalue weighted by Crippen LogP contribution is 2.34. The first-order valence-corrected chi connectivity index (χ1v) is 13.2. The lowest BCUT2D eigenvalue weighted by Gasteiger charge is -2.23. The molecule has 0 saturated heterocycles. The van der Waals surface area contributed by atoms with Crippen molar-refractivity contribution in [3.05, 3.63) is 77.4 Å². The maximum Gasteiger partial charge on any atom is 0.416 e. The van der Waals surface area contributed by atoms with Crippen LogP contribution in [0.2, 0.25) is 0 Å². The van der Waals surface area contributed by atoms with E-state index in [2.05, 4.69) is 32.2 Å². The summed E-state index contributed by atoms with van der Waals surface area (Å²) in [5, 5.41) is 5.66. The van der Waals surface area contributed by atoms with Crippen LogP contribution in [-0.4, -0.2) is 81.5 Å². The van der Waals surface area contributed by atoms with E-state index in [4.69, 9.17) is 11.5 Å². The highest BCUT2D eigenvalue weighted by molar-refractivity contribution is 6.49. The Kier molecular flexibility index (Phi) is 10.2. The van der Waals surface area contributed by atoms with Crippen LogP contribution in [0.4, 0.5) is 30.2 Å². The molecule has 14 heteroatoms. The second-order valence-corrected chi connectivity index (χ2v) is 10.3. The number of benzene rings is 2. The lowest BCUT2D eigenvalue weighted by Crippen LogP contribution is -2.36. The molecule has 0 unspecified atom stereocenters. The molecule has 0 fully saturated rings. The van der Waals surface area contributed by atoms with Gasteiger partial charge in [0, 0.05) is 63.1 Å². The minimum atomic E-state index is -4.60. The molecule has 3 rings (SSSR count). The van der Waals surface area contributed by atoms with E-state index in [0.717, 1.165) is 17.7 Å². The van der Waals surface area contributed by atoms with Gasteiger partial charge in [-0.2, -0.15) is 18.2 Å². The van der Waals surface area contributed by atoms with E-state index in [9.17, 15) is 18.0 Å². The smallest absolute Gasteiger partial charge is 0.383 e. The molecule has 11 nitrogen and oxygen atoms in total. The fourth-order valence-corrected chi connectivity index (χ4v) is 3.92. The van der Waals surface area contributed by atoms with E-state index in [0.29, 0.717) is 30.4 Å². The molecule has 1 heterocycles. The standard InChI is InChI=1S/C29H37F3N10O/c1-8-35-23-24(38-28(41(5)6)39-25(23)33)26(34)37-22-13-18(10-9-17(22)2)27(43)36-20-14-19(29(30,31)32)15-21(16-20)42(7)12-11-40(3)4/h8-10,13-16,37H,1,11-12,34H2,2-7H3,(H,36,43)(H2,33,38,39)/b26-24-,35-23+. The van der Waals surface area contributed by atoms with Gasteiger partial charge in [-0.15, -0.1) is 0 Å². The number of hydrogen-bond donors (Lipinski definition) is 4. The van der Waals surface area contributed by atoms with Gasteiger partial charge in [0.2, 0.25) is 5.96 Å². The fraction of sp³-hybridized carbons (Fsp3) is 0.310. The van der Waals surface area contributed by atoms with Crippen LogP contribution in [0, 0.1) is 6.92 Å². The Hall–Kier alpha value is -4.85. The summed E-state index contributed by atoms with van der Waals surface area (Å²) in [6.07, 6.45) is -3.31. The van der Waals surface area contributed by atoms with E-state index in [-0.39, 0.29) is 34.3 Å². The Balaban J connectivity index is 1.94. The predicted molar refractivity (Wildman–Crippen MR) is 168 cm³/mol. The molecule has 1 aliphatic rings. The molecule has 0 radical (unpaired) electrons. The average Bonchev–Trinajstić information content (AvgIpc) is 2.92. The number of likely N-dealkylation sites (N-methyl/N-ethyl adjacent to an activating group) is 2. The van der Waals surface area contributed by atoms with Gasteiger partial charge in [-0.05, 0) is 56.9 Å². The van der Waals surface area contributed by atoms with E-state index in [1.54, 1.807) is 50.0 Å². The van der Waals surface area contributed by atoms with Gasteiger partial charge in [-0.3, -0.25) is 9.79 Å². The van der Waals surface area contributed by atoms with Gasteiger partial charge >= 0.3 is 6.18 Å². The Morgan fingerprint density at radius 2 is 1.74 bits per heavy atom.